The largest absolute Gasteiger partial charge is 0.395 e. The van der Waals surface area contributed by atoms with Crippen molar-refractivity contribution in [3.8, 4) is 0 Å². The van der Waals surface area contributed by atoms with Crippen molar-refractivity contribution in [2.24, 2.45) is 0 Å². The van der Waals surface area contributed by atoms with Crippen molar-refractivity contribution in [3.63, 3.8) is 0 Å². The lowest BCUT2D eigenvalue weighted by Crippen LogP contribution is -2.60. The van der Waals surface area contributed by atoms with Crippen LogP contribution in [-0.4, -0.2) is 171 Å². The molecule has 0 aromatic rings. The van der Waals surface area contributed by atoms with E-state index in [0.29, 0.717) is 50.9 Å². The molecule has 532 valence electrons. The minimum absolute atomic E-state index is 0.0977. The lowest BCUT2D eigenvalue weighted by Gasteiger charge is -2.32. The summed E-state index contributed by atoms with van der Waals surface area (Å²) < 4.78 is 23.7. The van der Waals surface area contributed by atoms with Crippen molar-refractivity contribution in [1.29, 1.82) is 0 Å². The first kappa shape index (κ1) is 87.8. The van der Waals surface area contributed by atoms with Crippen LogP contribution in [0.4, 0.5) is 0 Å². The Hall–Kier alpha value is -1.23. The molecule has 7 atom stereocenters. The molecule has 0 aromatic carbocycles. The van der Waals surface area contributed by atoms with E-state index in [-0.39, 0.29) is 57.4 Å². The molecule has 0 heterocycles. The summed E-state index contributed by atoms with van der Waals surface area (Å²) in [4.78, 5) is 23.4. The van der Waals surface area contributed by atoms with Gasteiger partial charge in [0, 0.05) is 51.3 Å². The molecule has 89 heavy (non-hydrogen) atoms. The maximum Gasteiger partial charge on any atom is 0.246 e. The molecule has 0 aromatic heterocycles. The predicted molar refractivity (Wildman–Crippen MR) is 372 cm³/mol. The number of hydrogen-bond acceptors (Lipinski definition) is 16. The number of carbonyl (C=O) groups is 2. The van der Waals surface area contributed by atoms with Gasteiger partial charge in [-0.3, -0.25) is 30.9 Å². The highest BCUT2D eigenvalue weighted by Crippen LogP contribution is 2.19. The summed E-state index contributed by atoms with van der Waals surface area (Å²) >= 11 is 1.64. The fourth-order valence-electron chi connectivity index (χ4n) is 11.1. The number of hydrogen-bond donors (Lipinski definition) is 11. The van der Waals surface area contributed by atoms with E-state index >= 15 is 0 Å². The zero-order valence-corrected chi connectivity index (χ0v) is 59.0. The Morgan fingerprint density at radius 1 is 0.404 bits per heavy atom. The van der Waals surface area contributed by atoms with Crippen LogP contribution in [0.2, 0.25) is 0 Å². The molecule has 3 unspecified atom stereocenters. The van der Waals surface area contributed by atoms with Crippen LogP contribution in [0.3, 0.4) is 0 Å². The molecule has 0 aliphatic heterocycles. The molecule has 0 aliphatic rings. The van der Waals surface area contributed by atoms with E-state index < -0.39 is 43.6 Å². The van der Waals surface area contributed by atoms with Crippen LogP contribution in [0.1, 0.15) is 310 Å². The van der Waals surface area contributed by atoms with Gasteiger partial charge in [0.25, 0.3) is 0 Å². The summed E-state index contributed by atoms with van der Waals surface area (Å²) in [7, 11) is 0. The van der Waals surface area contributed by atoms with Gasteiger partial charge in [-0.1, -0.05) is 278 Å². The molecule has 0 spiro atoms. The van der Waals surface area contributed by atoms with E-state index in [1.165, 1.54) is 244 Å². The zero-order chi connectivity index (χ0) is 65.0. The van der Waals surface area contributed by atoms with Gasteiger partial charge in [0.15, 0.2) is 0 Å². The first-order valence-electron chi connectivity index (χ1n) is 37.3. The van der Waals surface area contributed by atoms with Crippen LogP contribution in [0.5, 0.6) is 0 Å². The molecule has 17 nitrogen and oxygen atoms in total. The highest BCUT2D eigenvalue weighted by molar-refractivity contribution is 7.99. The molecule has 0 bridgehead atoms. The Balaban J connectivity index is 5.34. The van der Waals surface area contributed by atoms with E-state index in [9.17, 15) is 35.1 Å². The summed E-state index contributed by atoms with van der Waals surface area (Å²) in [5, 5.41) is 71.7. The maximum absolute atomic E-state index is 12.4. The number of thioether (sulfide) groups is 1. The van der Waals surface area contributed by atoms with Gasteiger partial charge < -0.3 is 55.1 Å². The quantitative estimate of drug-likeness (QED) is 0.0200. The summed E-state index contributed by atoms with van der Waals surface area (Å²) in [5.41, 5.74) is 0. The summed E-state index contributed by atoms with van der Waals surface area (Å²) in [6.45, 7) is 11.0. The van der Waals surface area contributed by atoms with Crippen LogP contribution in [0.15, 0.2) is 0 Å². The predicted octanol–water partition coefficient (Wildman–Crippen LogP) is 13.0. The number of nitrogens with one attached hydrogen (secondary N) is 6. The van der Waals surface area contributed by atoms with E-state index in [4.69, 9.17) is 18.9 Å². The van der Waals surface area contributed by atoms with Gasteiger partial charge in [-0.2, -0.15) is 11.8 Å². The standard InChI is InChI=1S/C71H146N6O11S/c1-5-8-11-14-17-20-23-26-28-31-34-37-40-43-46-52-86-59-64(88-53-47-44-41-38-35-32-29-27-24-21-18-15-12-9-6-2)61-89-62-66(76-67(80)48-45-42-39-36-33-30-25-22-19-16-13-10-7-3)71(84)77-65(58-78)70(83)74-50-49-72-69(82)60-87-56-55-85-54-51-73-68(81)57-75-63(4)79/h64-68,70-71,73-74,76-78,80-81,83-84H,5-62H2,1-4H3,(H,72,82)(H,75,79)/t64?,65?,66?,67-,68+,70-,71+/m1/s1. The third kappa shape index (κ3) is 65.2. The molecule has 0 radical (unpaired) electrons. The monoisotopic (exact) mass is 1290 g/mol. The topological polar surface area (TPSA) is 244 Å². The summed E-state index contributed by atoms with van der Waals surface area (Å²) in [6.07, 6.45) is 52.1. The molecule has 18 heteroatoms. The average Bonchev–Trinajstić information content (AvgIpc) is 3.69. The number of aliphatic hydroxyl groups excluding tert-OH is 5. The maximum atomic E-state index is 12.4. The molecule has 0 aliphatic carbocycles. The third-order valence-corrected chi connectivity index (χ3v) is 18.0. The number of aliphatic hydroxyl groups is 5. The number of carbonyl (C=O) groups excluding carboxylic acids is 2. The normalized spacial score (nSPS) is 14.2. The second-order valence-corrected chi connectivity index (χ2v) is 26.6. The molecule has 11 N–H and O–H groups in total. The third-order valence-electron chi connectivity index (χ3n) is 16.8. The van der Waals surface area contributed by atoms with Gasteiger partial charge >= 0.3 is 0 Å². The number of unbranched alkanes of at least 4 members (excludes halogenated alkanes) is 40. The Bertz CT molecular complexity index is 1440. The van der Waals surface area contributed by atoms with Crippen molar-refractivity contribution in [2.45, 2.75) is 353 Å². The molecule has 2 amide bonds. The average molecular weight is 1290 g/mol. The SMILES string of the molecule is CCCCCCCCCCCCCCCCCOCC(CSCC(N[C@H](O)CCCCCCCCCCCCCCC)[C@H](O)NC(CO)[C@@H](O)NCCNC(=O)COCCOCCN[C@@H](O)CNC(C)=O)OCCCCCCCCCCCCCCCCC. The van der Waals surface area contributed by atoms with Gasteiger partial charge in [0.1, 0.15) is 31.5 Å². The van der Waals surface area contributed by atoms with Crippen LogP contribution in [0, 0.1) is 0 Å². The molecule has 0 saturated carbocycles. The van der Waals surface area contributed by atoms with Gasteiger partial charge in [0.05, 0.1) is 57.8 Å². The van der Waals surface area contributed by atoms with Crippen molar-refractivity contribution in [2.75, 3.05) is 90.5 Å². The Labute approximate surface area is 550 Å². The van der Waals surface area contributed by atoms with Crippen molar-refractivity contribution >= 4 is 23.6 Å². The lowest BCUT2D eigenvalue weighted by molar-refractivity contribution is -0.126. The Morgan fingerprint density at radius 2 is 0.843 bits per heavy atom. The van der Waals surface area contributed by atoms with E-state index in [1.807, 2.05) is 0 Å². The highest BCUT2D eigenvalue weighted by Gasteiger charge is 2.28. The number of ether oxygens (including phenoxy) is 4. The van der Waals surface area contributed by atoms with Gasteiger partial charge in [-0.15, -0.1) is 0 Å². The highest BCUT2D eigenvalue weighted by atomic mass is 32.2. The first-order chi connectivity index (χ1) is 43.6. The molecule has 0 rings (SSSR count). The molecular weight excluding hydrogens is 1140 g/mol. The van der Waals surface area contributed by atoms with Crippen LogP contribution in [-0.2, 0) is 28.5 Å². The lowest BCUT2D eigenvalue weighted by atomic mass is 10.0. The van der Waals surface area contributed by atoms with Crippen molar-refractivity contribution in [1.82, 2.24) is 31.9 Å². The Kier molecular flexibility index (Phi) is 70.1. The molecule has 0 fully saturated rings. The number of amides is 2. The molecular formula is C71H146N6O11S. The van der Waals surface area contributed by atoms with Gasteiger partial charge in [0.2, 0.25) is 11.8 Å². The van der Waals surface area contributed by atoms with E-state index in [0.717, 1.165) is 38.5 Å². The second kappa shape index (κ2) is 71.1. The van der Waals surface area contributed by atoms with Crippen LogP contribution < -0.4 is 31.9 Å². The van der Waals surface area contributed by atoms with E-state index in [2.05, 4.69) is 52.7 Å². The van der Waals surface area contributed by atoms with Gasteiger partial charge in [-0.05, 0) is 25.7 Å². The number of rotatable bonds is 75. The molecule has 0 saturated heterocycles. The summed E-state index contributed by atoms with van der Waals surface area (Å²) in [6, 6.07) is -1.57. The second-order valence-electron chi connectivity index (χ2n) is 25.5. The van der Waals surface area contributed by atoms with Crippen LogP contribution in [0.25, 0.3) is 0 Å². The zero-order valence-electron chi connectivity index (χ0n) is 58.1. The van der Waals surface area contributed by atoms with Crippen LogP contribution >= 0.6 is 11.8 Å². The van der Waals surface area contributed by atoms with Gasteiger partial charge in [-0.25, -0.2) is 0 Å². The van der Waals surface area contributed by atoms with E-state index in [1.54, 1.807) is 11.8 Å². The van der Waals surface area contributed by atoms with Crippen molar-refractivity contribution < 1.29 is 54.1 Å². The fraction of sp³-hybridized carbons (Fsp3) is 0.972. The first-order valence-corrected chi connectivity index (χ1v) is 38.5. The fourth-order valence-corrected chi connectivity index (χ4v) is 12.2. The Morgan fingerprint density at radius 3 is 1.30 bits per heavy atom. The smallest absolute Gasteiger partial charge is 0.246 e. The summed E-state index contributed by atoms with van der Waals surface area (Å²) in [5.74, 6) is 0.524. The van der Waals surface area contributed by atoms with Crippen molar-refractivity contribution in [3.05, 3.63) is 0 Å². The minimum Gasteiger partial charge on any atom is -0.395 e. The minimum atomic E-state index is -1.26.